The van der Waals surface area contributed by atoms with Crippen LogP contribution in [0.4, 0.5) is 0 Å². The highest BCUT2D eigenvalue weighted by atomic mass is 32.1. The van der Waals surface area contributed by atoms with Gasteiger partial charge in [0, 0.05) is 18.4 Å². The molecule has 0 spiro atoms. The lowest BCUT2D eigenvalue weighted by Gasteiger charge is -1.86. The molecule has 5 nitrogen and oxygen atoms in total. The predicted octanol–water partition coefficient (Wildman–Crippen LogP) is 2.30. The predicted molar refractivity (Wildman–Crippen MR) is 56.8 cm³/mol. The van der Waals surface area contributed by atoms with Gasteiger partial charge in [-0.2, -0.15) is 0 Å². The van der Waals surface area contributed by atoms with Crippen LogP contribution in [0.15, 0.2) is 22.1 Å². The highest BCUT2D eigenvalue weighted by Gasteiger charge is 2.13. The summed E-state index contributed by atoms with van der Waals surface area (Å²) in [5.41, 5.74) is 0.537. The van der Waals surface area contributed by atoms with Crippen molar-refractivity contribution in [2.45, 2.75) is 6.92 Å². The second-order valence-corrected chi connectivity index (χ2v) is 3.96. The first-order valence-corrected chi connectivity index (χ1v) is 5.24. The summed E-state index contributed by atoms with van der Waals surface area (Å²) in [7, 11) is 0. The first-order valence-electron chi connectivity index (χ1n) is 4.36. The summed E-state index contributed by atoms with van der Waals surface area (Å²) in [4.78, 5) is 25.7. The van der Waals surface area contributed by atoms with Gasteiger partial charge in [0.1, 0.15) is 12.0 Å². The Bertz CT molecular complexity index is 504. The van der Waals surface area contributed by atoms with Crippen molar-refractivity contribution < 1.29 is 19.1 Å². The number of furan rings is 1. The minimum Gasteiger partial charge on any atom is -0.478 e. The van der Waals surface area contributed by atoms with E-state index in [9.17, 15) is 9.59 Å². The lowest BCUT2D eigenvalue weighted by Crippen LogP contribution is -1.91. The number of hydrogen-bond acceptors (Lipinski definition) is 5. The van der Waals surface area contributed by atoms with Gasteiger partial charge in [0.05, 0.1) is 5.56 Å². The van der Waals surface area contributed by atoms with Crippen molar-refractivity contribution in [3.8, 4) is 11.5 Å². The number of ketones is 1. The molecule has 0 fully saturated rings. The van der Waals surface area contributed by atoms with Gasteiger partial charge in [-0.05, 0) is 0 Å². The van der Waals surface area contributed by atoms with Crippen LogP contribution < -0.4 is 0 Å². The van der Waals surface area contributed by atoms with Crippen LogP contribution in [-0.4, -0.2) is 21.8 Å². The average Bonchev–Trinajstić information content (AvgIpc) is 2.86. The second-order valence-electron chi connectivity index (χ2n) is 3.10. The molecule has 6 heteroatoms. The molecule has 0 amide bonds. The zero-order chi connectivity index (χ0) is 11.7. The van der Waals surface area contributed by atoms with E-state index in [1.165, 1.54) is 24.3 Å². The zero-order valence-corrected chi connectivity index (χ0v) is 9.08. The molecule has 1 N–H and O–H groups in total. The maximum Gasteiger partial charge on any atom is 0.338 e. The fourth-order valence-corrected chi connectivity index (χ4v) is 1.84. The maximum absolute atomic E-state index is 11.0. The number of carboxylic acid groups (broad SMARTS) is 1. The van der Waals surface area contributed by atoms with Crippen LogP contribution in [-0.2, 0) is 0 Å². The monoisotopic (exact) mass is 237 g/mol. The summed E-state index contributed by atoms with van der Waals surface area (Å²) in [5.74, 6) is -0.834. The van der Waals surface area contributed by atoms with E-state index in [1.807, 2.05) is 0 Å². The second kappa shape index (κ2) is 3.90. The first-order chi connectivity index (χ1) is 7.58. The molecule has 2 heterocycles. The number of aromatic carboxylic acids is 1. The van der Waals surface area contributed by atoms with E-state index in [2.05, 4.69) is 4.98 Å². The summed E-state index contributed by atoms with van der Waals surface area (Å²) in [5, 5.41) is 10.7. The Morgan fingerprint density at radius 1 is 1.50 bits per heavy atom. The van der Waals surface area contributed by atoms with Crippen LogP contribution in [0.1, 0.15) is 27.1 Å². The molecule has 0 atom stereocenters. The van der Waals surface area contributed by atoms with Gasteiger partial charge in [-0.3, -0.25) is 4.79 Å². The standard InChI is InChI=1S/C10H7NO4S/c1-5(12)9-11-7(4-16-9)8-2-6(3-15-8)10(13)14/h2-4H,1H3,(H,13,14). The molecule has 0 saturated carbocycles. The largest absolute Gasteiger partial charge is 0.478 e. The lowest BCUT2D eigenvalue weighted by molar-refractivity contribution is 0.0696. The van der Waals surface area contributed by atoms with Crippen molar-refractivity contribution in [3.05, 3.63) is 28.3 Å². The van der Waals surface area contributed by atoms with Crippen molar-refractivity contribution in [2.75, 3.05) is 0 Å². The van der Waals surface area contributed by atoms with Crippen molar-refractivity contribution in [1.29, 1.82) is 0 Å². The van der Waals surface area contributed by atoms with Gasteiger partial charge >= 0.3 is 5.97 Å². The molecular formula is C10H7NO4S. The Hall–Kier alpha value is -1.95. The molecule has 0 aliphatic rings. The van der Waals surface area contributed by atoms with Crippen LogP contribution in [0.25, 0.3) is 11.5 Å². The quantitative estimate of drug-likeness (QED) is 0.828. The average molecular weight is 237 g/mol. The number of hydrogen-bond donors (Lipinski definition) is 1. The van der Waals surface area contributed by atoms with Gasteiger partial charge in [-0.25, -0.2) is 9.78 Å². The third-order valence-electron chi connectivity index (χ3n) is 1.90. The summed E-state index contributed by atoms with van der Waals surface area (Å²) in [6.07, 6.45) is 1.14. The number of aromatic nitrogens is 1. The fourth-order valence-electron chi connectivity index (χ4n) is 1.13. The molecule has 0 aliphatic heterocycles. The Morgan fingerprint density at radius 2 is 2.25 bits per heavy atom. The van der Waals surface area contributed by atoms with Gasteiger partial charge in [-0.1, -0.05) is 0 Å². The number of thiazole rings is 1. The summed E-state index contributed by atoms with van der Waals surface area (Å²) in [6.45, 7) is 1.42. The van der Waals surface area contributed by atoms with E-state index in [4.69, 9.17) is 9.52 Å². The Labute approximate surface area is 94.4 Å². The number of carbonyl (C=O) groups is 2. The molecular weight excluding hydrogens is 230 g/mol. The summed E-state index contributed by atoms with van der Waals surface area (Å²) >= 11 is 1.20. The van der Waals surface area contributed by atoms with E-state index in [0.717, 1.165) is 6.26 Å². The van der Waals surface area contributed by atoms with Crippen molar-refractivity contribution in [1.82, 2.24) is 4.98 Å². The van der Waals surface area contributed by atoms with E-state index < -0.39 is 5.97 Å². The number of nitrogens with zero attached hydrogens (tertiary/aromatic N) is 1. The van der Waals surface area contributed by atoms with Crippen LogP contribution in [0, 0.1) is 0 Å². The molecule has 0 unspecified atom stereocenters. The molecule has 0 aromatic carbocycles. The van der Waals surface area contributed by atoms with Crippen molar-refractivity contribution in [3.63, 3.8) is 0 Å². The SMILES string of the molecule is CC(=O)c1nc(-c2cc(C(=O)O)co2)cs1. The Morgan fingerprint density at radius 3 is 2.75 bits per heavy atom. The molecule has 16 heavy (non-hydrogen) atoms. The lowest BCUT2D eigenvalue weighted by atomic mass is 10.3. The van der Waals surface area contributed by atoms with E-state index >= 15 is 0 Å². The van der Waals surface area contributed by atoms with Gasteiger partial charge in [0.2, 0.25) is 0 Å². The molecule has 0 saturated heterocycles. The van der Waals surface area contributed by atoms with E-state index in [0.29, 0.717) is 16.5 Å². The highest BCUT2D eigenvalue weighted by molar-refractivity contribution is 7.12. The Kier molecular flexibility index (Phi) is 2.57. The van der Waals surface area contributed by atoms with Crippen molar-refractivity contribution in [2.24, 2.45) is 0 Å². The number of carbonyl (C=O) groups excluding carboxylic acids is 1. The van der Waals surface area contributed by atoms with Crippen LogP contribution >= 0.6 is 11.3 Å². The molecule has 82 valence electrons. The minimum absolute atomic E-state index is 0.0624. The number of rotatable bonds is 3. The third kappa shape index (κ3) is 1.87. The zero-order valence-electron chi connectivity index (χ0n) is 8.26. The highest BCUT2D eigenvalue weighted by Crippen LogP contribution is 2.24. The van der Waals surface area contributed by atoms with Crippen LogP contribution in [0.2, 0.25) is 0 Å². The summed E-state index contributed by atoms with van der Waals surface area (Å²) < 4.78 is 5.06. The first kappa shape index (κ1) is 10.6. The normalized spacial score (nSPS) is 10.3. The van der Waals surface area contributed by atoms with Gasteiger partial charge in [0.15, 0.2) is 16.6 Å². The topological polar surface area (TPSA) is 80.4 Å². The van der Waals surface area contributed by atoms with Gasteiger partial charge in [0.25, 0.3) is 0 Å². The smallest absolute Gasteiger partial charge is 0.338 e. The van der Waals surface area contributed by atoms with Gasteiger partial charge in [-0.15, -0.1) is 11.3 Å². The number of carboxylic acids is 1. The fraction of sp³-hybridized carbons (Fsp3) is 0.100. The van der Waals surface area contributed by atoms with E-state index in [-0.39, 0.29) is 11.3 Å². The van der Waals surface area contributed by atoms with Crippen LogP contribution in [0.3, 0.4) is 0 Å². The molecule has 2 aromatic heterocycles. The van der Waals surface area contributed by atoms with Gasteiger partial charge < -0.3 is 9.52 Å². The Balaban J connectivity index is 2.35. The minimum atomic E-state index is -1.06. The number of Topliss-reactive ketones (excluding diaryl/α,β-unsaturated/α-hetero) is 1. The van der Waals surface area contributed by atoms with Crippen molar-refractivity contribution >= 4 is 23.1 Å². The third-order valence-corrected chi connectivity index (χ3v) is 2.85. The molecule has 0 aliphatic carbocycles. The maximum atomic E-state index is 11.0. The molecule has 2 rings (SSSR count). The molecule has 2 aromatic rings. The van der Waals surface area contributed by atoms with Crippen LogP contribution in [0.5, 0.6) is 0 Å². The molecule has 0 radical (unpaired) electrons. The summed E-state index contributed by atoms with van der Waals surface area (Å²) in [6, 6.07) is 1.38. The molecule has 0 bridgehead atoms. The van der Waals surface area contributed by atoms with E-state index in [1.54, 1.807) is 5.38 Å².